The maximum atomic E-state index is 6.13. The van der Waals surface area contributed by atoms with E-state index in [9.17, 15) is 0 Å². The van der Waals surface area contributed by atoms with E-state index < -0.39 is 0 Å². The molecule has 1 aliphatic heterocycles. The Labute approximate surface area is 174 Å². The molecule has 0 unspecified atom stereocenters. The van der Waals surface area contributed by atoms with Crippen molar-refractivity contribution < 1.29 is 0 Å². The molecule has 2 aromatic carbocycles. The zero-order valence-electron chi connectivity index (χ0n) is 15.9. The third-order valence-electron chi connectivity index (χ3n) is 5.44. The van der Waals surface area contributed by atoms with Gasteiger partial charge < -0.3 is 9.88 Å². The van der Waals surface area contributed by atoms with E-state index in [4.69, 9.17) is 11.6 Å². The van der Waals surface area contributed by atoms with Gasteiger partial charge in [0.15, 0.2) is 17.0 Å². The fourth-order valence-corrected chi connectivity index (χ4v) is 4.26. The zero-order valence-corrected chi connectivity index (χ0v) is 16.6. The van der Waals surface area contributed by atoms with Crippen molar-refractivity contribution in [2.24, 2.45) is 0 Å². The van der Waals surface area contributed by atoms with Crippen molar-refractivity contribution in [3.63, 3.8) is 0 Å². The predicted molar refractivity (Wildman–Crippen MR) is 115 cm³/mol. The Morgan fingerprint density at radius 3 is 2.07 bits per heavy atom. The molecule has 1 saturated heterocycles. The molecule has 0 atom stereocenters. The van der Waals surface area contributed by atoms with Gasteiger partial charge in [-0.2, -0.15) is 9.97 Å². The number of aromatic amines is 1. The Hall–Kier alpha value is -2.96. The van der Waals surface area contributed by atoms with Crippen LogP contribution in [0.2, 0.25) is 5.28 Å². The van der Waals surface area contributed by atoms with Crippen LogP contribution in [0, 0.1) is 0 Å². The highest BCUT2D eigenvalue weighted by Crippen LogP contribution is 2.31. The molecule has 0 bridgehead atoms. The summed E-state index contributed by atoms with van der Waals surface area (Å²) >= 11 is 6.13. The Balaban J connectivity index is 1.41. The molecule has 0 radical (unpaired) electrons. The lowest BCUT2D eigenvalue weighted by molar-refractivity contribution is 0.212. The van der Waals surface area contributed by atoms with Crippen LogP contribution in [0.4, 0.5) is 5.82 Å². The Kier molecular flexibility index (Phi) is 4.87. The zero-order chi connectivity index (χ0) is 19.6. The van der Waals surface area contributed by atoms with Crippen LogP contribution < -0.4 is 4.90 Å². The molecule has 1 aliphatic rings. The monoisotopic (exact) mass is 404 g/mol. The number of halogens is 1. The molecule has 7 heteroatoms. The predicted octanol–water partition coefficient (Wildman–Crippen LogP) is 3.92. The second-order valence-corrected chi connectivity index (χ2v) is 7.50. The van der Waals surface area contributed by atoms with Crippen molar-refractivity contribution >= 4 is 28.6 Å². The van der Waals surface area contributed by atoms with E-state index in [0.717, 1.165) is 37.5 Å². The van der Waals surface area contributed by atoms with Gasteiger partial charge in [-0.25, -0.2) is 4.98 Å². The first-order valence-electron chi connectivity index (χ1n) is 9.75. The molecule has 0 aliphatic carbocycles. The van der Waals surface area contributed by atoms with Crippen molar-refractivity contribution in [1.29, 1.82) is 0 Å². The van der Waals surface area contributed by atoms with Crippen LogP contribution in [-0.2, 0) is 0 Å². The largest absolute Gasteiger partial charge is 0.352 e. The lowest BCUT2D eigenvalue weighted by atomic mass is 9.96. The van der Waals surface area contributed by atoms with Gasteiger partial charge in [-0.1, -0.05) is 60.7 Å². The number of fused-ring (bicyclic) bond motifs is 1. The highest BCUT2D eigenvalue weighted by molar-refractivity contribution is 6.28. The van der Waals surface area contributed by atoms with Crippen LogP contribution in [-0.4, -0.2) is 51.0 Å². The van der Waals surface area contributed by atoms with Gasteiger partial charge in [0.2, 0.25) is 5.28 Å². The minimum absolute atomic E-state index is 0.235. The number of aromatic nitrogens is 4. The number of nitrogens with one attached hydrogen (secondary N) is 1. The number of nitrogens with zero attached hydrogens (tertiary/aromatic N) is 5. The number of benzene rings is 2. The van der Waals surface area contributed by atoms with Crippen LogP contribution in [0.15, 0.2) is 67.0 Å². The van der Waals surface area contributed by atoms with Gasteiger partial charge in [0, 0.05) is 26.2 Å². The number of hydrogen-bond donors (Lipinski definition) is 1. The third kappa shape index (κ3) is 3.57. The van der Waals surface area contributed by atoms with E-state index in [-0.39, 0.29) is 11.3 Å². The highest BCUT2D eigenvalue weighted by atomic mass is 35.5. The highest BCUT2D eigenvalue weighted by Gasteiger charge is 2.28. The molecule has 0 amide bonds. The van der Waals surface area contributed by atoms with Gasteiger partial charge in [0.1, 0.15) is 0 Å². The number of imidazole rings is 1. The molecule has 2 aromatic heterocycles. The van der Waals surface area contributed by atoms with E-state index in [1.807, 2.05) is 0 Å². The number of piperazine rings is 1. The quantitative estimate of drug-likeness (QED) is 0.522. The summed E-state index contributed by atoms with van der Waals surface area (Å²) in [6, 6.07) is 21.6. The molecular weight excluding hydrogens is 384 g/mol. The van der Waals surface area contributed by atoms with Crippen molar-refractivity contribution in [2.45, 2.75) is 6.04 Å². The van der Waals surface area contributed by atoms with Crippen LogP contribution in [0.5, 0.6) is 0 Å². The first kappa shape index (κ1) is 18.1. The third-order valence-corrected chi connectivity index (χ3v) is 5.61. The first-order valence-corrected chi connectivity index (χ1v) is 10.1. The average molecular weight is 405 g/mol. The van der Waals surface area contributed by atoms with Crippen molar-refractivity contribution in [2.75, 3.05) is 31.1 Å². The summed E-state index contributed by atoms with van der Waals surface area (Å²) in [5.41, 5.74) is 4.07. The lowest BCUT2D eigenvalue weighted by Crippen LogP contribution is -2.48. The van der Waals surface area contributed by atoms with Crippen LogP contribution in [0.25, 0.3) is 11.2 Å². The minimum atomic E-state index is 0.235. The van der Waals surface area contributed by atoms with Gasteiger partial charge >= 0.3 is 0 Å². The van der Waals surface area contributed by atoms with Crippen molar-refractivity contribution in [3.05, 3.63) is 83.4 Å². The smallest absolute Gasteiger partial charge is 0.226 e. The number of rotatable bonds is 4. The summed E-state index contributed by atoms with van der Waals surface area (Å²) in [6.45, 7) is 3.54. The van der Waals surface area contributed by atoms with E-state index in [0.29, 0.717) is 5.65 Å². The molecule has 4 aromatic rings. The molecule has 0 saturated carbocycles. The maximum absolute atomic E-state index is 6.13. The average Bonchev–Trinajstić information content (AvgIpc) is 3.24. The van der Waals surface area contributed by atoms with Crippen LogP contribution in [0.3, 0.4) is 0 Å². The van der Waals surface area contributed by atoms with Gasteiger partial charge in [-0.15, -0.1) is 0 Å². The second kappa shape index (κ2) is 7.81. The van der Waals surface area contributed by atoms with E-state index in [1.165, 1.54) is 11.1 Å². The fraction of sp³-hybridized carbons (Fsp3) is 0.227. The first-order chi connectivity index (χ1) is 14.3. The molecule has 5 rings (SSSR count). The molecule has 3 heterocycles. The van der Waals surface area contributed by atoms with Crippen LogP contribution in [0.1, 0.15) is 17.2 Å². The normalized spacial score (nSPS) is 15.3. The lowest BCUT2D eigenvalue weighted by Gasteiger charge is -2.40. The number of H-pyrrole nitrogens is 1. The number of anilines is 1. The SMILES string of the molecule is Clc1nc(N2CCN(C(c3ccccc3)c3ccccc3)CC2)c2nc[nH]c2n1. The van der Waals surface area contributed by atoms with Gasteiger partial charge in [0.25, 0.3) is 0 Å². The summed E-state index contributed by atoms with van der Waals surface area (Å²) in [7, 11) is 0. The van der Waals surface area contributed by atoms with E-state index >= 15 is 0 Å². The van der Waals surface area contributed by atoms with Gasteiger partial charge in [-0.3, -0.25) is 4.90 Å². The summed E-state index contributed by atoms with van der Waals surface area (Å²) < 4.78 is 0. The number of hydrogen-bond acceptors (Lipinski definition) is 5. The maximum Gasteiger partial charge on any atom is 0.226 e. The molecule has 1 N–H and O–H groups in total. The molecular formula is C22H21ClN6. The molecule has 146 valence electrons. The van der Waals surface area contributed by atoms with E-state index in [2.05, 4.69) is 90.4 Å². The van der Waals surface area contributed by atoms with Gasteiger partial charge in [-0.05, 0) is 22.7 Å². The Bertz CT molecular complexity index is 1050. The Morgan fingerprint density at radius 1 is 0.828 bits per heavy atom. The minimum Gasteiger partial charge on any atom is -0.352 e. The fourth-order valence-electron chi connectivity index (χ4n) is 4.09. The molecule has 1 fully saturated rings. The molecule has 6 nitrogen and oxygen atoms in total. The summed E-state index contributed by atoms with van der Waals surface area (Å²) in [6.07, 6.45) is 1.64. The van der Waals surface area contributed by atoms with Crippen molar-refractivity contribution in [3.8, 4) is 0 Å². The second-order valence-electron chi connectivity index (χ2n) is 7.16. The summed E-state index contributed by atoms with van der Waals surface area (Å²) in [4.78, 5) is 20.9. The van der Waals surface area contributed by atoms with Crippen LogP contribution >= 0.6 is 11.6 Å². The summed E-state index contributed by atoms with van der Waals surface area (Å²) in [5.74, 6) is 0.803. The molecule has 0 spiro atoms. The Morgan fingerprint density at radius 2 is 1.45 bits per heavy atom. The van der Waals surface area contributed by atoms with Gasteiger partial charge in [0.05, 0.1) is 12.4 Å². The molecule has 29 heavy (non-hydrogen) atoms. The summed E-state index contributed by atoms with van der Waals surface area (Å²) in [5, 5.41) is 0.241. The van der Waals surface area contributed by atoms with Crippen molar-refractivity contribution in [1.82, 2.24) is 24.8 Å². The topological polar surface area (TPSA) is 60.9 Å². The standard InChI is InChI=1S/C22H21ClN6/c23-22-26-20-18(24-15-25-20)21(27-22)29-13-11-28(12-14-29)19(16-7-3-1-4-8-16)17-9-5-2-6-10-17/h1-10,15,19H,11-14H2,(H,24,25,26,27). The van der Waals surface area contributed by atoms with E-state index in [1.54, 1.807) is 6.33 Å².